The molecular formula is C41H61N3O12. The molecule has 2 rings (SSSR count). The van der Waals surface area contributed by atoms with E-state index in [1.807, 2.05) is 42.5 Å². The molecule has 56 heavy (non-hydrogen) atoms. The summed E-state index contributed by atoms with van der Waals surface area (Å²) in [6, 6.07) is 18.1. The number of nitrogens with one attached hydrogen (secondary N) is 2. The lowest BCUT2D eigenvalue weighted by Gasteiger charge is -2.21. The molecule has 0 aromatic heterocycles. The fraction of sp³-hybridized carbons (Fsp3) is 0.585. The number of unbranched alkanes of at least 4 members (excludes halogenated alkanes) is 1. The number of aryl methyl sites for hydroxylation is 2. The van der Waals surface area contributed by atoms with Crippen molar-refractivity contribution in [2.24, 2.45) is 0 Å². The maximum atomic E-state index is 13.1. The van der Waals surface area contributed by atoms with Gasteiger partial charge in [0, 0.05) is 40.2 Å². The van der Waals surface area contributed by atoms with Crippen LogP contribution in [-0.4, -0.2) is 134 Å². The average molecular weight is 788 g/mol. The number of benzene rings is 2. The van der Waals surface area contributed by atoms with Gasteiger partial charge in [0.25, 0.3) is 5.91 Å². The number of rotatable bonds is 33. The normalized spacial score (nSPS) is 10.9. The third kappa shape index (κ3) is 25.0. The van der Waals surface area contributed by atoms with E-state index in [1.165, 1.54) is 11.1 Å². The topological polar surface area (TPSA) is 177 Å². The average Bonchev–Trinajstić information content (AvgIpc) is 3.20. The second-order valence-corrected chi connectivity index (χ2v) is 12.9. The molecule has 0 aliphatic heterocycles. The van der Waals surface area contributed by atoms with Gasteiger partial charge in [-0.2, -0.15) is 5.48 Å². The van der Waals surface area contributed by atoms with E-state index in [0.717, 1.165) is 36.1 Å². The lowest BCUT2D eigenvalue weighted by atomic mass is 10.0. The second-order valence-electron chi connectivity index (χ2n) is 12.9. The molecule has 0 saturated carbocycles. The van der Waals surface area contributed by atoms with E-state index in [2.05, 4.69) is 22.9 Å². The fourth-order valence-corrected chi connectivity index (χ4v) is 5.20. The summed E-state index contributed by atoms with van der Waals surface area (Å²) < 4.78 is 31.4. The third-order valence-corrected chi connectivity index (χ3v) is 8.21. The van der Waals surface area contributed by atoms with Gasteiger partial charge in [-0.25, -0.2) is 4.79 Å². The lowest BCUT2D eigenvalue weighted by Crippen LogP contribution is -2.44. The van der Waals surface area contributed by atoms with Gasteiger partial charge in [0.05, 0.1) is 85.4 Å². The first-order chi connectivity index (χ1) is 27.3. The van der Waals surface area contributed by atoms with Gasteiger partial charge >= 0.3 is 5.97 Å². The Bertz CT molecular complexity index is 1340. The summed E-state index contributed by atoms with van der Waals surface area (Å²) in [7, 11) is 3.17. The van der Waals surface area contributed by atoms with Crippen LogP contribution in [0.25, 0.3) is 0 Å². The van der Waals surface area contributed by atoms with Crippen molar-refractivity contribution < 1.29 is 57.2 Å². The number of amides is 3. The molecule has 0 bridgehead atoms. The number of ether oxygens (including phenoxy) is 6. The van der Waals surface area contributed by atoms with E-state index in [0.29, 0.717) is 65.9 Å². The maximum Gasteiger partial charge on any atom is 0.332 e. The van der Waals surface area contributed by atoms with Crippen LogP contribution in [0.2, 0.25) is 0 Å². The third-order valence-electron chi connectivity index (χ3n) is 8.21. The van der Waals surface area contributed by atoms with E-state index in [-0.39, 0.29) is 51.2 Å². The quantitative estimate of drug-likeness (QED) is 0.0801. The first kappa shape index (κ1) is 47.9. The van der Waals surface area contributed by atoms with Crippen LogP contribution in [0, 0.1) is 0 Å². The van der Waals surface area contributed by atoms with Crippen LogP contribution in [0.5, 0.6) is 0 Å². The summed E-state index contributed by atoms with van der Waals surface area (Å²) in [6.45, 7) is 3.40. The Morgan fingerprint density at radius 1 is 0.554 bits per heavy atom. The minimum absolute atomic E-state index is 0.00586. The molecule has 2 aromatic carbocycles. The van der Waals surface area contributed by atoms with Crippen LogP contribution in [0.4, 0.5) is 0 Å². The number of carbonyl (C=O) groups excluding carboxylic acids is 5. The number of ketones is 1. The summed E-state index contributed by atoms with van der Waals surface area (Å²) in [5.41, 5.74) is 5.41. The molecule has 0 aliphatic rings. The van der Waals surface area contributed by atoms with Crippen molar-refractivity contribution in [3.8, 4) is 0 Å². The molecule has 15 nitrogen and oxygen atoms in total. The predicted molar refractivity (Wildman–Crippen MR) is 208 cm³/mol. The van der Waals surface area contributed by atoms with Gasteiger partial charge in [0.15, 0.2) is 5.78 Å². The highest BCUT2D eigenvalue weighted by atomic mass is 16.7. The van der Waals surface area contributed by atoms with Crippen molar-refractivity contribution >= 4 is 29.5 Å². The summed E-state index contributed by atoms with van der Waals surface area (Å²) in [6.07, 6.45) is 3.97. The Hall–Kier alpha value is -4.25. The molecule has 0 radical (unpaired) electrons. The lowest BCUT2D eigenvalue weighted by molar-refractivity contribution is -0.159. The first-order valence-corrected chi connectivity index (χ1v) is 19.3. The van der Waals surface area contributed by atoms with Crippen molar-refractivity contribution in [2.75, 3.05) is 99.9 Å². The van der Waals surface area contributed by atoms with Crippen LogP contribution in [0.3, 0.4) is 0 Å². The zero-order chi connectivity index (χ0) is 40.5. The van der Waals surface area contributed by atoms with E-state index in [4.69, 9.17) is 33.3 Å². The van der Waals surface area contributed by atoms with Crippen molar-refractivity contribution in [1.29, 1.82) is 0 Å². The highest BCUT2D eigenvalue weighted by molar-refractivity contribution is 5.91. The molecule has 0 saturated heterocycles. The molecule has 3 amide bonds. The molecule has 15 heteroatoms. The maximum absolute atomic E-state index is 13.1. The summed E-state index contributed by atoms with van der Waals surface area (Å²) >= 11 is 0. The van der Waals surface area contributed by atoms with Crippen LogP contribution in [0.15, 0.2) is 54.6 Å². The van der Waals surface area contributed by atoms with Crippen LogP contribution in [0.1, 0.15) is 55.2 Å². The Labute approximate surface area is 330 Å². The summed E-state index contributed by atoms with van der Waals surface area (Å²) in [4.78, 5) is 69.4. The smallest absolute Gasteiger partial charge is 0.332 e. The van der Waals surface area contributed by atoms with Crippen LogP contribution >= 0.6 is 0 Å². The molecule has 0 aliphatic carbocycles. The first-order valence-electron chi connectivity index (χ1n) is 19.3. The zero-order valence-electron chi connectivity index (χ0n) is 33.1. The highest BCUT2D eigenvalue weighted by Crippen LogP contribution is 2.11. The Morgan fingerprint density at radius 2 is 1.11 bits per heavy atom. The largest absolute Gasteiger partial charge is 0.382 e. The summed E-state index contributed by atoms with van der Waals surface area (Å²) in [5.74, 6) is -2.71. The van der Waals surface area contributed by atoms with Crippen molar-refractivity contribution in [2.45, 2.75) is 57.8 Å². The van der Waals surface area contributed by atoms with E-state index in [1.54, 1.807) is 14.2 Å². The fourth-order valence-electron chi connectivity index (χ4n) is 5.20. The van der Waals surface area contributed by atoms with Crippen LogP contribution in [-0.2, 0) is 76.5 Å². The van der Waals surface area contributed by atoms with Gasteiger partial charge in [0.1, 0.15) is 0 Å². The van der Waals surface area contributed by atoms with E-state index < -0.39 is 30.2 Å². The molecule has 0 unspecified atom stereocenters. The minimum atomic E-state index is -0.833. The number of hydrogen-bond acceptors (Lipinski definition) is 12. The monoisotopic (exact) mass is 787 g/mol. The molecule has 0 atom stereocenters. The molecule has 312 valence electrons. The highest BCUT2D eigenvalue weighted by Gasteiger charge is 2.21. The van der Waals surface area contributed by atoms with Crippen molar-refractivity contribution in [3.05, 3.63) is 71.3 Å². The number of Topliss-reactive ketones (excluding diaryl/α,β-unsaturated/α-hetero) is 1. The summed E-state index contributed by atoms with van der Waals surface area (Å²) in [5, 5.41) is 2.67. The number of hydrogen-bond donors (Lipinski definition) is 2. The Balaban J connectivity index is 1.73. The van der Waals surface area contributed by atoms with Crippen LogP contribution < -0.4 is 10.8 Å². The van der Waals surface area contributed by atoms with Gasteiger partial charge in [-0.3, -0.25) is 19.2 Å². The van der Waals surface area contributed by atoms with Gasteiger partial charge in [-0.05, 0) is 48.8 Å². The van der Waals surface area contributed by atoms with E-state index >= 15 is 0 Å². The number of hydroxylamine groups is 1. The predicted octanol–water partition coefficient (Wildman–Crippen LogP) is 2.80. The molecule has 0 spiro atoms. The number of methoxy groups -OCH3 is 2. The standard InChI is InChI=1S/C41H61N3O12/c1-50-23-25-54-29-27-52-21-8-13-37(45)32-44(33-39(47)42-20-22-53-28-30-55-26-24-51-2)40(48)18-19-41(49)56-43-38(46)31-36-16-14-35(15-17-36)12-7-6-11-34-9-4-3-5-10-34/h3-5,9-10,14-17H,6-8,11-13,18-33H2,1-2H3,(H,42,47)(H,43,46). The van der Waals surface area contributed by atoms with Gasteiger partial charge in [-0.15, -0.1) is 0 Å². The Kier molecular flexibility index (Phi) is 27.3. The molecule has 0 heterocycles. The van der Waals surface area contributed by atoms with Gasteiger partial charge in [-0.1, -0.05) is 54.6 Å². The number of carbonyl (C=O) groups is 5. The van der Waals surface area contributed by atoms with Gasteiger partial charge in [0.2, 0.25) is 11.8 Å². The Morgan fingerprint density at radius 3 is 1.73 bits per heavy atom. The molecular weight excluding hydrogens is 726 g/mol. The second kappa shape index (κ2) is 31.9. The van der Waals surface area contributed by atoms with Crippen molar-refractivity contribution in [1.82, 2.24) is 15.7 Å². The molecule has 2 aromatic rings. The zero-order valence-corrected chi connectivity index (χ0v) is 33.1. The SMILES string of the molecule is COCCOCCOCCCC(=O)CN(CC(=O)NCCOCCOCCOC)C(=O)CCC(=O)ONC(=O)Cc1ccc(CCCCc2ccccc2)cc1. The van der Waals surface area contributed by atoms with E-state index in [9.17, 15) is 24.0 Å². The minimum Gasteiger partial charge on any atom is -0.382 e. The van der Waals surface area contributed by atoms with Crippen molar-refractivity contribution in [3.63, 3.8) is 0 Å². The molecule has 0 fully saturated rings. The van der Waals surface area contributed by atoms with Gasteiger partial charge < -0.3 is 43.5 Å². The molecule has 2 N–H and O–H groups in total. The number of nitrogens with zero attached hydrogens (tertiary/aromatic N) is 1.